The summed E-state index contributed by atoms with van der Waals surface area (Å²) < 4.78 is 3.22. The molecule has 0 amide bonds. The van der Waals surface area contributed by atoms with Crippen molar-refractivity contribution in [3.05, 3.63) is 40.3 Å². The summed E-state index contributed by atoms with van der Waals surface area (Å²) in [5.41, 5.74) is 2.36. The normalized spacial score (nSPS) is 17.9. The van der Waals surface area contributed by atoms with Crippen LogP contribution >= 0.6 is 15.9 Å². The summed E-state index contributed by atoms with van der Waals surface area (Å²) in [5.74, 6) is 1.10. The molecule has 0 bridgehead atoms. The van der Waals surface area contributed by atoms with E-state index in [1.807, 2.05) is 18.5 Å². The summed E-state index contributed by atoms with van der Waals surface area (Å²) in [4.78, 5) is 4.23. The maximum absolute atomic E-state index is 4.78. The van der Waals surface area contributed by atoms with Crippen molar-refractivity contribution in [1.29, 1.82) is 0 Å². The van der Waals surface area contributed by atoms with Crippen LogP contribution in [0.5, 0.6) is 0 Å². The standard InChI is InChI=1S/C14H17BrN4/c1-2-4-11-13(15)14-17-8-6-12(19(14)18-11)10-5-3-7-16-9-10/h3,5,7,9,12,17H,2,4,6,8H2,1H3. The number of hydrogen-bond acceptors (Lipinski definition) is 3. The predicted octanol–water partition coefficient (Wildman–Crippen LogP) is 3.40. The molecule has 1 aliphatic heterocycles. The minimum absolute atomic E-state index is 0.284. The molecule has 1 N–H and O–H groups in total. The second-order valence-corrected chi connectivity index (χ2v) is 5.61. The van der Waals surface area contributed by atoms with E-state index >= 15 is 0 Å². The van der Waals surface area contributed by atoms with Crippen LogP contribution in [0.25, 0.3) is 0 Å². The molecule has 100 valence electrons. The fourth-order valence-corrected chi connectivity index (χ4v) is 3.17. The van der Waals surface area contributed by atoms with Gasteiger partial charge in [0.25, 0.3) is 0 Å². The Morgan fingerprint density at radius 3 is 3.16 bits per heavy atom. The van der Waals surface area contributed by atoms with E-state index in [1.165, 1.54) is 5.56 Å². The van der Waals surface area contributed by atoms with Crippen LogP contribution in [-0.4, -0.2) is 21.3 Å². The van der Waals surface area contributed by atoms with Crippen molar-refractivity contribution in [1.82, 2.24) is 14.8 Å². The summed E-state index contributed by atoms with van der Waals surface area (Å²) in [6.45, 7) is 3.15. The van der Waals surface area contributed by atoms with Crippen molar-refractivity contribution < 1.29 is 0 Å². The number of fused-ring (bicyclic) bond motifs is 1. The zero-order valence-electron chi connectivity index (χ0n) is 10.9. The zero-order valence-corrected chi connectivity index (χ0v) is 12.5. The number of anilines is 1. The highest BCUT2D eigenvalue weighted by molar-refractivity contribution is 9.10. The summed E-state index contributed by atoms with van der Waals surface area (Å²) >= 11 is 3.68. The molecular weight excluding hydrogens is 304 g/mol. The third-order valence-electron chi connectivity index (χ3n) is 3.48. The van der Waals surface area contributed by atoms with Gasteiger partial charge in [0.1, 0.15) is 5.82 Å². The number of nitrogens with zero attached hydrogens (tertiary/aromatic N) is 3. The van der Waals surface area contributed by atoms with Gasteiger partial charge in [-0.1, -0.05) is 19.4 Å². The van der Waals surface area contributed by atoms with Crippen LogP contribution in [0.3, 0.4) is 0 Å². The Bertz CT molecular complexity index is 564. The molecular formula is C14H17BrN4. The number of hydrogen-bond donors (Lipinski definition) is 1. The Balaban J connectivity index is 2.03. The molecule has 0 spiro atoms. The van der Waals surface area contributed by atoms with Gasteiger partial charge in [-0.2, -0.15) is 5.10 Å². The summed E-state index contributed by atoms with van der Waals surface area (Å²) in [5, 5.41) is 8.22. The molecule has 2 aromatic heterocycles. The molecule has 0 saturated carbocycles. The van der Waals surface area contributed by atoms with Crippen LogP contribution in [0, 0.1) is 0 Å². The molecule has 19 heavy (non-hydrogen) atoms. The fraction of sp³-hybridized carbons (Fsp3) is 0.429. The van der Waals surface area contributed by atoms with Gasteiger partial charge < -0.3 is 5.32 Å². The van der Waals surface area contributed by atoms with Crippen LogP contribution in [0.1, 0.15) is 37.1 Å². The van der Waals surface area contributed by atoms with Crippen LogP contribution < -0.4 is 5.32 Å². The third kappa shape index (κ3) is 2.27. The van der Waals surface area contributed by atoms with E-state index in [0.29, 0.717) is 0 Å². The van der Waals surface area contributed by atoms with Gasteiger partial charge in [0, 0.05) is 18.9 Å². The molecule has 5 heteroatoms. The topological polar surface area (TPSA) is 42.7 Å². The van der Waals surface area contributed by atoms with Crippen molar-refractivity contribution in [3.63, 3.8) is 0 Å². The number of aromatic nitrogens is 3. The van der Waals surface area contributed by atoms with E-state index in [9.17, 15) is 0 Å². The first-order valence-electron chi connectivity index (χ1n) is 6.72. The van der Waals surface area contributed by atoms with Crippen molar-refractivity contribution in [2.24, 2.45) is 0 Å². The average molecular weight is 321 g/mol. The maximum Gasteiger partial charge on any atom is 0.139 e. The highest BCUT2D eigenvalue weighted by atomic mass is 79.9. The van der Waals surface area contributed by atoms with E-state index < -0.39 is 0 Å². The lowest BCUT2D eigenvalue weighted by Crippen LogP contribution is -2.24. The van der Waals surface area contributed by atoms with Gasteiger partial charge in [-0.25, -0.2) is 4.68 Å². The lowest BCUT2D eigenvalue weighted by Gasteiger charge is -2.25. The maximum atomic E-state index is 4.78. The second-order valence-electron chi connectivity index (χ2n) is 4.82. The fourth-order valence-electron chi connectivity index (χ4n) is 2.57. The van der Waals surface area contributed by atoms with Gasteiger partial charge in [0.2, 0.25) is 0 Å². The first-order chi connectivity index (χ1) is 9.31. The Morgan fingerprint density at radius 1 is 1.53 bits per heavy atom. The van der Waals surface area contributed by atoms with Crippen LogP contribution in [0.15, 0.2) is 29.0 Å². The van der Waals surface area contributed by atoms with Crippen molar-refractivity contribution in [2.75, 3.05) is 11.9 Å². The zero-order chi connectivity index (χ0) is 13.2. The van der Waals surface area contributed by atoms with Gasteiger partial charge in [-0.05, 0) is 40.4 Å². The van der Waals surface area contributed by atoms with E-state index in [4.69, 9.17) is 5.10 Å². The molecule has 3 heterocycles. The number of aryl methyl sites for hydroxylation is 1. The minimum atomic E-state index is 0.284. The third-order valence-corrected chi connectivity index (χ3v) is 4.31. The number of pyridine rings is 1. The highest BCUT2D eigenvalue weighted by Gasteiger charge is 2.26. The van der Waals surface area contributed by atoms with E-state index in [1.54, 1.807) is 0 Å². The lowest BCUT2D eigenvalue weighted by molar-refractivity contribution is 0.476. The number of rotatable bonds is 3. The summed E-state index contributed by atoms with van der Waals surface area (Å²) in [6.07, 6.45) is 6.90. The Hall–Kier alpha value is -1.36. The molecule has 0 aromatic carbocycles. The van der Waals surface area contributed by atoms with Crippen LogP contribution in [0.4, 0.5) is 5.82 Å². The minimum Gasteiger partial charge on any atom is -0.369 e. The molecule has 1 unspecified atom stereocenters. The Kier molecular flexibility index (Phi) is 3.55. The van der Waals surface area contributed by atoms with Gasteiger partial charge in [0.05, 0.1) is 16.2 Å². The molecule has 0 aliphatic carbocycles. The van der Waals surface area contributed by atoms with E-state index in [0.717, 1.165) is 41.8 Å². The number of halogens is 1. The smallest absolute Gasteiger partial charge is 0.139 e. The van der Waals surface area contributed by atoms with Crippen LogP contribution in [-0.2, 0) is 6.42 Å². The number of nitrogens with one attached hydrogen (secondary N) is 1. The van der Waals surface area contributed by atoms with Crippen molar-refractivity contribution in [3.8, 4) is 0 Å². The van der Waals surface area contributed by atoms with Crippen molar-refractivity contribution >= 4 is 21.7 Å². The first-order valence-corrected chi connectivity index (χ1v) is 7.51. The molecule has 1 aliphatic rings. The highest BCUT2D eigenvalue weighted by Crippen LogP contribution is 2.36. The Morgan fingerprint density at radius 2 is 2.42 bits per heavy atom. The van der Waals surface area contributed by atoms with Gasteiger partial charge >= 0.3 is 0 Å². The molecule has 2 aromatic rings. The largest absolute Gasteiger partial charge is 0.369 e. The summed E-state index contributed by atoms with van der Waals surface area (Å²) in [7, 11) is 0. The first kappa shape index (κ1) is 12.7. The van der Waals surface area contributed by atoms with E-state index in [-0.39, 0.29) is 6.04 Å². The monoisotopic (exact) mass is 320 g/mol. The van der Waals surface area contributed by atoms with Gasteiger partial charge in [-0.3, -0.25) is 4.98 Å². The van der Waals surface area contributed by atoms with Gasteiger partial charge in [0.15, 0.2) is 0 Å². The second kappa shape index (κ2) is 5.33. The summed E-state index contributed by atoms with van der Waals surface area (Å²) in [6, 6.07) is 4.40. The molecule has 0 fully saturated rings. The quantitative estimate of drug-likeness (QED) is 0.942. The molecule has 1 atom stereocenters. The van der Waals surface area contributed by atoms with Gasteiger partial charge in [-0.15, -0.1) is 0 Å². The van der Waals surface area contributed by atoms with Crippen LogP contribution in [0.2, 0.25) is 0 Å². The molecule has 0 saturated heterocycles. The molecule has 0 radical (unpaired) electrons. The SMILES string of the molecule is CCCc1nn2c(c1Br)NCCC2c1cccnc1. The molecule has 3 rings (SSSR count). The van der Waals surface area contributed by atoms with Crippen molar-refractivity contribution in [2.45, 2.75) is 32.2 Å². The Labute approximate surface area is 121 Å². The molecule has 4 nitrogen and oxygen atoms in total. The van der Waals surface area contributed by atoms with E-state index in [2.05, 4.69) is 43.9 Å². The average Bonchev–Trinajstić information content (AvgIpc) is 2.77. The lowest BCUT2D eigenvalue weighted by atomic mass is 10.0. The predicted molar refractivity (Wildman–Crippen MR) is 79.4 cm³/mol.